The van der Waals surface area contributed by atoms with Crippen LogP contribution in [0, 0.1) is 6.92 Å². The summed E-state index contributed by atoms with van der Waals surface area (Å²) in [6, 6.07) is 32.3. The first-order valence-electron chi connectivity index (χ1n) is 10.2. The molecule has 0 N–H and O–H groups in total. The molecule has 0 amide bonds. The van der Waals surface area contributed by atoms with E-state index in [0.29, 0.717) is 17.5 Å². The molecule has 4 heteroatoms. The molecular weight excluding hydrogens is 380 g/mol. The van der Waals surface area contributed by atoms with Crippen molar-refractivity contribution >= 4 is 0 Å². The number of aromatic nitrogens is 4. The highest BCUT2D eigenvalue weighted by Gasteiger charge is 2.13. The lowest BCUT2D eigenvalue weighted by molar-refractivity contribution is 1.07. The van der Waals surface area contributed by atoms with Crippen molar-refractivity contribution in [1.29, 1.82) is 0 Å². The monoisotopic (exact) mass is 400 g/mol. The molecule has 0 saturated heterocycles. The van der Waals surface area contributed by atoms with Crippen LogP contribution in [0.15, 0.2) is 103 Å². The maximum Gasteiger partial charge on any atom is 0.164 e. The number of nitrogens with zero attached hydrogens (tertiary/aromatic N) is 4. The van der Waals surface area contributed by atoms with E-state index in [2.05, 4.69) is 30.1 Å². The third kappa shape index (κ3) is 4.09. The Morgan fingerprint density at radius 3 is 1.74 bits per heavy atom. The molecule has 0 atom stereocenters. The van der Waals surface area contributed by atoms with Gasteiger partial charge in [0.2, 0.25) is 0 Å². The minimum absolute atomic E-state index is 0.641. The number of hydrogen-bond acceptors (Lipinski definition) is 4. The lowest BCUT2D eigenvalue weighted by Crippen LogP contribution is -2.00. The zero-order chi connectivity index (χ0) is 21.0. The molecule has 5 rings (SSSR count). The van der Waals surface area contributed by atoms with Crippen LogP contribution in [0.2, 0.25) is 0 Å². The zero-order valence-electron chi connectivity index (χ0n) is 17.1. The van der Waals surface area contributed by atoms with Crippen molar-refractivity contribution in [2.45, 2.75) is 6.92 Å². The standard InChI is InChI=1S/C27H20N4/c1-19-13-15-21(16-14-19)26-29-25(20-8-3-2-4-9-20)30-27(31-26)23-11-7-10-22(18-23)24-12-5-6-17-28-24/h2-18H,1H3. The molecule has 31 heavy (non-hydrogen) atoms. The number of aryl methyl sites for hydroxylation is 1. The van der Waals surface area contributed by atoms with E-state index in [1.165, 1.54) is 5.56 Å². The fourth-order valence-electron chi connectivity index (χ4n) is 3.40. The topological polar surface area (TPSA) is 51.6 Å². The van der Waals surface area contributed by atoms with E-state index in [0.717, 1.165) is 27.9 Å². The van der Waals surface area contributed by atoms with Crippen molar-refractivity contribution in [3.05, 3.63) is 109 Å². The Morgan fingerprint density at radius 1 is 0.484 bits per heavy atom. The fourth-order valence-corrected chi connectivity index (χ4v) is 3.40. The van der Waals surface area contributed by atoms with Crippen molar-refractivity contribution < 1.29 is 0 Å². The third-order valence-electron chi connectivity index (χ3n) is 5.06. The summed E-state index contributed by atoms with van der Waals surface area (Å²) < 4.78 is 0. The molecule has 0 fully saturated rings. The normalized spacial score (nSPS) is 10.7. The van der Waals surface area contributed by atoms with E-state index < -0.39 is 0 Å². The van der Waals surface area contributed by atoms with Gasteiger partial charge in [0.1, 0.15) is 0 Å². The van der Waals surface area contributed by atoms with E-state index in [1.807, 2.05) is 78.9 Å². The minimum Gasteiger partial charge on any atom is -0.256 e. The van der Waals surface area contributed by atoms with Crippen LogP contribution < -0.4 is 0 Å². The lowest BCUT2D eigenvalue weighted by atomic mass is 10.1. The van der Waals surface area contributed by atoms with Gasteiger partial charge in [-0.25, -0.2) is 15.0 Å². The maximum absolute atomic E-state index is 4.82. The molecule has 148 valence electrons. The van der Waals surface area contributed by atoms with Crippen LogP contribution in [0.4, 0.5) is 0 Å². The minimum atomic E-state index is 0.641. The predicted molar refractivity (Wildman–Crippen MR) is 124 cm³/mol. The van der Waals surface area contributed by atoms with Gasteiger partial charge in [-0.1, -0.05) is 84.4 Å². The van der Waals surface area contributed by atoms with Crippen LogP contribution in [0.1, 0.15) is 5.56 Å². The van der Waals surface area contributed by atoms with Crippen molar-refractivity contribution in [1.82, 2.24) is 19.9 Å². The Labute approximate surface area is 181 Å². The Hall–Kier alpha value is -4.18. The van der Waals surface area contributed by atoms with E-state index in [4.69, 9.17) is 15.0 Å². The van der Waals surface area contributed by atoms with Crippen LogP contribution in [0.25, 0.3) is 45.4 Å². The summed E-state index contributed by atoms with van der Waals surface area (Å²) in [7, 11) is 0. The molecule has 0 aliphatic heterocycles. The third-order valence-corrected chi connectivity index (χ3v) is 5.06. The average molecular weight is 400 g/mol. The van der Waals surface area contributed by atoms with Crippen molar-refractivity contribution in [3.8, 4) is 45.4 Å². The zero-order valence-corrected chi connectivity index (χ0v) is 17.1. The molecule has 0 spiro atoms. The maximum atomic E-state index is 4.82. The molecule has 2 heterocycles. The molecule has 0 aliphatic carbocycles. The lowest BCUT2D eigenvalue weighted by Gasteiger charge is -2.09. The molecule has 0 unspecified atom stereocenters. The largest absolute Gasteiger partial charge is 0.256 e. The van der Waals surface area contributed by atoms with Crippen molar-refractivity contribution in [3.63, 3.8) is 0 Å². The Balaban J connectivity index is 1.66. The first-order valence-corrected chi connectivity index (χ1v) is 10.2. The molecule has 0 saturated carbocycles. The highest BCUT2D eigenvalue weighted by molar-refractivity contribution is 5.71. The second-order valence-corrected chi connectivity index (χ2v) is 7.33. The van der Waals surface area contributed by atoms with Gasteiger partial charge in [-0.05, 0) is 25.1 Å². The van der Waals surface area contributed by atoms with Gasteiger partial charge in [-0.2, -0.15) is 0 Å². The van der Waals surface area contributed by atoms with Crippen LogP contribution >= 0.6 is 0 Å². The SMILES string of the molecule is Cc1ccc(-c2nc(-c3ccccc3)nc(-c3cccc(-c4ccccn4)c3)n2)cc1. The number of pyridine rings is 1. The fraction of sp³-hybridized carbons (Fsp3) is 0.0370. The van der Waals surface area contributed by atoms with Crippen LogP contribution in [-0.2, 0) is 0 Å². The second kappa shape index (κ2) is 8.28. The molecule has 0 aliphatic rings. The van der Waals surface area contributed by atoms with Gasteiger partial charge in [0.25, 0.3) is 0 Å². The molecule has 5 aromatic rings. The van der Waals surface area contributed by atoms with Gasteiger partial charge in [0, 0.05) is 28.5 Å². The summed E-state index contributed by atoms with van der Waals surface area (Å²) >= 11 is 0. The highest BCUT2D eigenvalue weighted by atomic mass is 15.0. The van der Waals surface area contributed by atoms with E-state index in [9.17, 15) is 0 Å². The molecular formula is C27H20N4. The summed E-state index contributed by atoms with van der Waals surface area (Å²) in [5.41, 5.74) is 5.99. The van der Waals surface area contributed by atoms with Gasteiger partial charge in [0.15, 0.2) is 17.5 Å². The number of hydrogen-bond donors (Lipinski definition) is 0. The Bertz CT molecular complexity index is 1310. The average Bonchev–Trinajstić information content (AvgIpc) is 2.85. The Morgan fingerprint density at radius 2 is 1.06 bits per heavy atom. The van der Waals surface area contributed by atoms with Gasteiger partial charge < -0.3 is 0 Å². The summed E-state index contributed by atoms with van der Waals surface area (Å²) in [6.07, 6.45) is 1.80. The molecule has 2 aromatic heterocycles. The van der Waals surface area contributed by atoms with Crippen LogP contribution in [-0.4, -0.2) is 19.9 Å². The van der Waals surface area contributed by atoms with Gasteiger partial charge >= 0.3 is 0 Å². The van der Waals surface area contributed by atoms with E-state index in [1.54, 1.807) is 6.20 Å². The summed E-state index contributed by atoms with van der Waals surface area (Å²) in [6.45, 7) is 2.07. The predicted octanol–water partition coefficient (Wildman–Crippen LogP) is 6.24. The number of rotatable bonds is 4. The van der Waals surface area contributed by atoms with E-state index >= 15 is 0 Å². The first kappa shape index (κ1) is 18.8. The highest BCUT2D eigenvalue weighted by Crippen LogP contribution is 2.27. The summed E-state index contributed by atoms with van der Waals surface area (Å²) in [4.78, 5) is 18.9. The van der Waals surface area contributed by atoms with Crippen LogP contribution in [0.3, 0.4) is 0 Å². The molecule has 4 nitrogen and oxygen atoms in total. The van der Waals surface area contributed by atoms with Gasteiger partial charge in [0.05, 0.1) is 5.69 Å². The molecule has 0 radical (unpaired) electrons. The molecule has 0 bridgehead atoms. The van der Waals surface area contributed by atoms with E-state index in [-0.39, 0.29) is 0 Å². The number of benzene rings is 3. The summed E-state index contributed by atoms with van der Waals surface area (Å²) in [5, 5.41) is 0. The van der Waals surface area contributed by atoms with Crippen LogP contribution in [0.5, 0.6) is 0 Å². The summed E-state index contributed by atoms with van der Waals surface area (Å²) in [5.74, 6) is 1.96. The van der Waals surface area contributed by atoms with Gasteiger partial charge in [-0.15, -0.1) is 0 Å². The van der Waals surface area contributed by atoms with Crippen molar-refractivity contribution in [2.75, 3.05) is 0 Å². The Kier molecular flexibility index (Phi) is 5.03. The smallest absolute Gasteiger partial charge is 0.164 e. The van der Waals surface area contributed by atoms with Crippen molar-refractivity contribution in [2.24, 2.45) is 0 Å². The second-order valence-electron chi connectivity index (χ2n) is 7.33. The molecule has 3 aromatic carbocycles. The first-order chi connectivity index (χ1) is 15.3. The van der Waals surface area contributed by atoms with Gasteiger partial charge in [-0.3, -0.25) is 4.98 Å². The quantitative estimate of drug-likeness (QED) is 0.358.